The van der Waals surface area contributed by atoms with E-state index in [1.54, 1.807) is 72.3 Å². The number of nitrogens with zero attached hydrogens (tertiary/aromatic N) is 4. The summed E-state index contributed by atoms with van der Waals surface area (Å²) in [5, 5.41) is 18.5. The minimum atomic E-state index is -0.657. The molecule has 0 spiro atoms. The molecule has 0 aliphatic heterocycles. The van der Waals surface area contributed by atoms with Gasteiger partial charge in [-0.25, -0.2) is 9.78 Å². The molecule has 1 aromatic heterocycles. The van der Waals surface area contributed by atoms with Crippen LogP contribution in [0.3, 0.4) is 0 Å². The van der Waals surface area contributed by atoms with E-state index < -0.39 is 17.7 Å². The summed E-state index contributed by atoms with van der Waals surface area (Å²) in [6.45, 7) is 8.31. The highest BCUT2D eigenvalue weighted by Crippen LogP contribution is 2.27. The van der Waals surface area contributed by atoms with Gasteiger partial charge in [-0.05, 0) is 71.2 Å². The molecule has 1 aliphatic rings. The smallest absolute Gasteiger partial charge is 0.410 e. The third kappa shape index (κ3) is 9.66. The van der Waals surface area contributed by atoms with Crippen molar-refractivity contribution < 1.29 is 19.1 Å². The van der Waals surface area contributed by atoms with Crippen molar-refractivity contribution in [1.82, 2.24) is 20.2 Å². The zero-order valence-corrected chi connectivity index (χ0v) is 24.6. The van der Waals surface area contributed by atoms with E-state index in [1.807, 2.05) is 0 Å². The van der Waals surface area contributed by atoms with Crippen LogP contribution in [0.15, 0.2) is 30.5 Å². The second-order valence-electron chi connectivity index (χ2n) is 11.0. The predicted molar refractivity (Wildman–Crippen MR) is 156 cm³/mol. The Hall–Kier alpha value is -4.35. The molecule has 11 heteroatoms. The highest BCUT2D eigenvalue weighted by molar-refractivity contribution is 5.85. The number of rotatable bonds is 10. The van der Waals surface area contributed by atoms with E-state index in [0.29, 0.717) is 36.0 Å². The normalized spacial score (nSPS) is 16.6. The van der Waals surface area contributed by atoms with E-state index in [9.17, 15) is 9.59 Å². The number of aromatic nitrogens is 2. The van der Waals surface area contributed by atoms with Crippen molar-refractivity contribution in [2.45, 2.75) is 64.6 Å². The molecule has 3 N–H and O–H groups in total. The first-order valence-electron chi connectivity index (χ1n) is 13.6. The lowest BCUT2D eigenvalue weighted by molar-refractivity contribution is -0.126. The summed E-state index contributed by atoms with van der Waals surface area (Å²) in [5.41, 5.74) is 1.38. The van der Waals surface area contributed by atoms with Crippen LogP contribution in [0.4, 0.5) is 22.2 Å². The molecule has 41 heavy (non-hydrogen) atoms. The quantitative estimate of drug-likeness (QED) is 0.289. The van der Waals surface area contributed by atoms with Crippen LogP contribution in [0.25, 0.3) is 0 Å². The number of hydrogen-bond acceptors (Lipinski definition) is 9. The van der Waals surface area contributed by atoms with Crippen LogP contribution in [-0.2, 0) is 14.3 Å². The van der Waals surface area contributed by atoms with Gasteiger partial charge in [-0.2, -0.15) is 10.2 Å². The van der Waals surface area contributed by atoms with Crippen molar-refractivity contribution >= 4 is 29.5 Å². The second kappa shape index (κ2) is 14.3. The van der Waals surface area contributed by atoms with Gasteiger partial charge in [0.15, 0.2) is 0 Å². The van der Waals surface area contributed by atoms with Crippen LogP contribution in [0.1, 0.15) is 58.1 Å². The molecule has 218 valence electrons. The Morgan fingerprint density at radius 1 is 1.22 bits per heavy atom. The molecular formula is C30H39N7O4. The fourth-order valence-electron chi connectivity index (χ4n) is 3.87. The van der Waals surface area contributed by atoms with E-state index >= 15 is 0 Å². The number of amides is 2. The molecule has 3 rings (SSSR count). The van der Waals surface area contributed by atoms with Gasteiger partial charge in [0.1, 0.15) is 17.5 Å². The number of carbonyl (C=O) groups is 2. The molecule has 0 unspecified atom stereocenters. The molecule has 0 saturated heterocycles. The molecule has 1 atom stereocenters. The van der Waals surface area contributed by atoms with Gasteiger partial charge in [0.05, 0.1) is 23.4 Å². The number of nitrogens with one attached hydrogen (secondary N) is 3. The van der Waals surface area contributed by atoms with E-state index in [-0.39, 0.29) is 17.9 Å². The van der Waals surface area contributed by atoms with Crippen LogP contribution in [0.5, 0.6) is 0 Å². The molecule has 1 aromatic carbocycles. The van der Waals surface area contributed by atoms with E-state index in [4.69, 9.17) is 14.7 Å². The first kappa shape index (κ1) is 31.2. The largest absolute Gasteiger partial charge is 0.444 e. The zero-order valence-electron chi connectivity index (χ0n) is 24.6. The van der Waals surface area contributed by atoms with Crippen molar-refractivity contribution in [2.24, 2.45) is 5.92 Å². The van der Waals surface area contributed by atoms with Crippen LogP contribution < -0.4 is 16.0 Å². The Labute approximate surface area is 242 Å². The molecule has 1 heterocycles. The SMILES string of the molecule is COCCCNc1nc(Nc2ccc(C#N)cc2)ncc1C#CC1CC(NC(=O)[C@H](C)N(C)C(=O)OC(C)(C)C)C1. The summed E-state index contributed by atoms with van der Waals surface area (Å²) in [4.78, 5) is 35.3. The maximum atomic E-state index is 12.7. The molecule has 0 radical (unpaired) electrons. The number of ether oxygens (including phenoxy) is 2. The molecule has 1 fully saturated rings. The summed E-state index contributed by atoms with van der Waals surface area (Å²) in [5.74, 6) is 7.39. The highest BCUT2D eigenvalue weighted by Gasteiger charge is 2.33. The Kier molecular flexibility index (Phi) is 10.9. The number of likely N-dealkylation sites (N-methyl/N-ethyl adjacent to an activating group) is 1. The van der Waals surface area contributed by atoms with Crippen molar-refractivity contribution in [3.63, 3.8) is 0 Å². The molecule has 2 amide bonds. The van der Waals surface area contributed by atoms with Crippen LogP contribution in [-0.4, -0.2) is 71.9 Å². The molecule has 11 nitrogen and oxygen atoms in total. The Balaban J connectivity index is 1.59. The summed E-state index contributed by atoms with van der Waals surface area (Å²) < 4.78 is 10.5. The van der Waals surface area contributed by atoms with E-state index in [1.165, 1.54) is 4.90 Å². The molecular weight excluding hydrogens is 522 g/mol. The first-order valence-corrected chi connectivity index (χ1v) is 13.6. The molecule has 2 aromatic rings. The third-order valence-electron chi connectivity index (χ3n) is 6.41. The van der Waals surface area contributed by atoms with Crippen molar-refractivity contribution in [3.05, 3.63) is 41.6 Å². The standard InChI is InChI=1S/C30H39N7O4/c1-20(37(5)29(39)41-30(2,3)4)27(38)34-25-16-22(17-25)8-11-23-19-33-28(36-26(23)32-14-7-15-40-6)35-24-12-9-21(18-31)10-13-24/h9-10,12-13,19-20,22,25H,7,14-17H2,1-6H3,(H,34,38)(H2,32,33,35,36)/t20-,22?,25?/m0/s1. The second-order valence-corrected chi connectivity index (χ2v) is 11.0. The summed E-state index contributed by atoms with van der Waals surface area (Å²) >= 11 is 0. The van der Waals surface area contributed by atoms with Crippen molar-refractivity contribution in [1.29, 1.82) is 5.26 Å². The van der Waals surface area contributed by atoms with E-state index in [2.05, 4.69) is 43.8 Å². The monoisotopic (exact) mass is 561 g/mol. The van der Waals surface area contributed by atoms with E-state index in [0.717, 1.165) is 24.9 Å². The number of carbonyl (C=O) groups excluding carboxylic acids is 2. The van der Waals surface area contributed by atoms with Gasteiger partial charge in [0.2, 0.25) is 11.9 Å². The molecule has 0 bridgehead atoms. The minimum Gasteiger partial charge on any atom is -0.444 e. The number of methoxy groups -OCH3 is 1. The van der Waals surface area contributed by atoms with Gasteiger partial charge in [0, 0.05) is 45.0 Å². The summed E-state index contributed by atoms with van der Waals surface area (Å²) in [7, 11) is 3.22. The minimum absolute atomic E-state index is 0.00169. The molecule has 1 saturated carbocycles. The van der Waals surface area contributed by atoms with Gasteiger partial charge < -0.3 is 25.4 Å². The topological polar surface area (TPSA) is 142 Å². The molecule has 1 aliphatic carbocycles. The Bertz CT molecular complexity index is 1300. The average molecular weight is 562 g/mol. The van der Waals surface area contributed by atoms with Gasteiger partial charge in [-0.15, -0.1) is 0 Å². The van der Waals surface area contributed by atoms with Crippen LogP contribution in [0.2, 0.25) is 0 Å². The lowest BCUT2D eigenvalue weighted by Crippen LogP contribution is -2.52. The Morgan fingerprint density at radius 3 is 2.56 bits per heavy atom. The highest BCUT2D eigenvalue weighted by atomic mass is 16.6. The number of nitriles is 1. The Morgan fingerprint density at radius 2 is 1.93 bits per heavy atom. The fraction of sp³-hybridized carbons (Fsp3) is 0.500. The fourth-order valence-corrected chi connectivity index (χ4v) is 3.87. The first-order chi connectivity index (χ1) is 19.5. The van der Waals surface area contributed by atoms with Crippen molar-refractivity contribution in [3.8, 4) is 17.9 Å². The van der Waals surface area contributed by atoms with Crippen LogP contribution >= 0.6 is 0 Å². The van der Waals surface area contributed by atoms with Crippen molar-refractivity contribution in [2.75, 3.05) is 37.9 Å². The number of benzene rings is 1. The van der Waals surface area contributed by atoms with Gasteiger partial charge in [0.25, 0.3) is 0 Å². The van der Waals surface area contributed by atoms with Gasteiger partial charge >= 0.3 is 6.09 Å². The van der Waals surface area contributed by atoms with Gasteiger partial charge in [-0.3, -0.25) is 9.69 Å². The maximum Gasteiger partial charge on any atom is 0.410 e. The lowest BCUT2D eigenvalue weighted by Gasteiger charge is -2.34. The van der Waals surface area contributed by atoms with Gasteiger partial charge in [-0.1, -0.05) is 11.8 Å². The predicted octanol–water partition coefficient (Wildman–Crippen LogP) is 4.04. The lowest BCUT2D eigenvalue weighted by atomic mass is 9.80. The zero-order chi connectivity index (χ0) is 30.0. The third-order valence-corrected chi connectivity index (χ3v) is 6.41. The number of hydrogen-bond donors (Lipinski definition) is 3. The maximum absolute atomic E-state index is 12.7. The average Bonchev–Trinajstić information content (AvgIpc) is 2.91. The summed E-state index contributed by atoms with van der Waals surface area (Å²) in [6, 6.07) is 8.48. The number of anilines is 3. The van der Waals surface area contributed by atoms with Crippen LogP contribution in [0, 0.1) is 29.1 Å². The summed E-state index contributed by atoms with van der Waals surface area (Å²) in [6.07, 6.45) is 3.38.